The summed E-state index contributed by atoms with van der Waals surface area (Å²) in [6.45, 7) is 1.92. The molecule has 2 aromatic carbocycles. The monoisotopic (exact) mass is 278 g/mol. The van der Waals surface area contributed by atoms with Crippen molar-refractivity contribution in [3.05, 3.63) is 70.0 Å². The topological polar surface area (TPSA) is 20.2 Å². The Morgan fingerprint density at radius 3 is 2.47 bits per heavy atom. The maximum absolute atomic E-state index is 13.2. The number of hydrogen-bond acceptors (Lipinski definition) is 1. The normalized spacial score (nSPS) is 12.4. The molecule has 2 aromatic rings. The summed E-state index contributed by atoms with van der Waals surface area (Å²) in [6, 6.07) is 12.0. The summed E-state index contributed by atoms with van der Waals surface area (Å²) in [7, 11) is 0. The summed E-state index contributed by atoms with van der Waals surface area (Å²) in [4.78, 5) is 0. The molecule has 0 aliphatic rings. The van der Waals surface area contributed by atoms with Crippen molar-refractivity contribution < 1.29 is 9.50 Å². The molecule has 0 radical (unpaired) electrons. The summed E-state index contributed by atoms with van der Waals surface area (Å²) < 4.78 is 13.2. The highest BCUT2D eigenvalue weighted by Crippen LogP contribution is 2.16. The van der Waals surface area contributed by atoms with Gasteiger partial charge in [0.05, 0.1) is 6.10 Å². The molecule has 0 saturated heterocycles. The van der Waals surface area contributed by atoms with Gasteiger partial charge < -0.3 is 5.11 Å². The van der Waals surface area contributed by atoms with Gasteiger partial charge in [0.25, 0.3) is 0 Å². The molecule has 0 saturated carbocycles. The maximum Gasteiger partial charge on any atom is 0.123 e. The minimum Gasteiger partial charge on any atom is -0.392 e. The highest BCUT2D eigenvalue weighted by Gasteiger charge is 2.09. The minimum absolute atomic E-state index is 0.265. The van der Waals surface area contributed by atoms with Gasteiger partial charge in [-0.3, -0.25) is 0 Å². The van der Waals surface area contributed by atoms with Crippen LogP contribution in [0.4, 0.5) is 4.39 Å². The number of rotatable bonds is 4. The third-order valence-electron chi connectivity index (χ3n) is 3.15. The second-order valence-corrected chi connectivity index (χ2v) is 5.20. The van der Waals surface area contributed by atoms with Crippen molar-refractivity contribution in [2.75, 3.05) is 0 Å². The summed E-state index contributed by atoms with van der Waals surface area (Å²) >= 11 is 5.81. The highest BCUT2D eigenvalue weighted by atomic mass is 35.5. The summed E-state index contributed by atoms with van der Waals surface area (Å²) in [6.07, 6.45) is 0.459. The zero-order valence-electron chi connectivity index (χ0n) is 10.7. The van der Waals surface area contributed by atoms with Crippen LogP contribution in [0.5, 0.6) is 0 Å². The molecule has 0 aromatic heterocycles. The molecule has 0 bridgehead atoms. The number of aryl methyl sites for hydroxylation is 1. The van der Waals surface area contributed by atoms with Crippen LogP contribution in [0, 0.1) is 12.7 Å². The Morgan fingerprint density at radius 2 is 1.79 bits per heavy atom. The van der Waals surface area contributed by atoms with Crippen LogP contribution in [0.25, 0.3) is 0 Å². The summed E-state index contributed by atoms with van der Waals surface area (Å²) in [5.74, 6) is -0.265. The van der Waals surface area contributed by atoms with Crippen LogP contribution in [0.2, 0.25) is 5.02 Å². The van der Waals surface area contributed by atoms with E-state index in [1.807, 2.05) is 19.1 Å². The van der Waals surface area contributed by atoms with Gasteiger partial charge in [0.1, 0.15) is 5.82 Å². The molecule has 3 heteroatoms. The van der Waals surface area contributed by atoms with Crippen LogP contribution >= 0.6 is 11.6 Å². The van der Waals surface area contributed by atoms with Crippen molar-refractivity contribution in [2.45, 2.75) is 25.9 Å². The molecule has 0 amide bonds. The Balaban J connectivity index is 2.02. The van der Waals surface area contributed by atoms with E-state index in [2.05, 4.69) is 0 Å². The van der Waals surface area contributed by atoms with Crippen LogP contribution in [0.15, 0.2) is 42.5 Å². The quantitative estimate of drug-likeness (QED) is 0.898. The molecular formula is C16H16ClFO. The molecule has 1 atom stereocenters. The van der Waals surface area contributed by atoms with Gasteiger partial charge in [-0.2, -0.15) is 0 Å². The minimum atomic E-state index is -0.526. The van der Waals surface area contributed by atoms with E-state index in [1.165, 1.54) is 12.1 Å². The molecule has 0 aliphatic carbocycles. The van der Waals surface area contributed by atoms with Crippen molar-refractivity contribution in [3.8, 4) is 0 Å². The highest BCUT2D eigenvalue weighted by molar-refractivity contribution is 6.30. The molecule has 0 spiro atoms. The van der Waals surface area contributed by atoms with E-state index in [-0.39, 0.29) is 5.82 Å². The second-order valence-electron chi connectivity index (χ2n) is 4.76. The third kappa shape index (κ3) is 4.05. The van der Waals surface area contributed by atoms with Crippen LogP contribution < -0.4 is 0 Å². The smallest absolute Gasteiger partial charge is 0.123 e. The Kier molecular flexibility index (Phi) is 4.56. The first-order valence-corrected chi connectivity index (χ1v) is 6.60. The zero-order valence-corrected chi connectivity index (χ0v) is 11.5. The number of aliphatic hydroxyl groups excluding tert-OH is 1. The van der Waals surface area contributed by atoms with Crippen molar-refractivity contribution in [1.29, 1.82) is 0 Å². The molecule has 100 valence electrons. The van der Waals surface area contributed by atoms with Gasteiger partial charge in [0.2, 0.25) is 0 Å². The fourth-order valence-corrected chi connectivity index (χ4v) is 2.20. The van der Waals surface area contributed by atoms with Gasteiger partial charge in [-0.05, 0) is 60.7 Å². The van der Waals surface area contributed by atoms with E-state index < -0.39 is 6.10 Å². The Bertz CT molecular complexity index is 551. The average molecular weight is 279 g/mol. The molecule has 1 N–H and O–H groups in total. The number of hydrogen-bond donors (Lipinski definition) is 1. The van der Waals surface area contributed by atoms with E-state index in [0.29, 0.717) is 17.9 Å². The van der Waals surface area contributed by atoms with E-state index in [4.69, 9.17) is 11.6 Å². The molecule has 1 unspecified atom stereocenters. The Hall–Kier alpha value is -1.38. The van der Waals surface area contributed by atoms with Crippen LogP contribution in [-0.4, -0.2) is 11.2 Å². The Morgan fingerprint density at radius 1 is 1.11 bits per heavy atom. The van der Waals surface area contributed by atoms with Crippen molar-refractivity contribution >= 4 is 11.6 Å². The van der Waals surface area contributed by atoms with Gasteiger partial charge in [-0.1, -0.05) is 29.8 Å². The number of aliphatic hydroxyl groups is 1. The molecule has 0 aliphatic heterocycles. The molecular weight excluding hydrogens is 263 g/mol. The van der Waals surface area contributed by atoms with E-state index >= 15 is 0 Å². The fourth-order valence-electron chi connectivity index (χ4n) is 2.08. The fraction of sp³-hybridized carbons (Fsp3) is 0.250. The van der Waals surface area contributed by atoms with Crippen LogP contribution in [-0.2, 0) is 12.8 Å². The van der Waals surface area contributed by atoms with Crippen molar-refractivity contribution in [2.24, 2.45) is 0 Å². The molecule has 2 rings (SSSR count). The summed E-state index contributed by atoms with van der Waals surface area (Å²) in [5, 5.41) is 10.8. The molecule has 0 heterocycles. The lowest BCUT2D eigenvalue weighted by molar-refractivity contribution is 0.175. The first-order chi connectivity index (χ1) is 9.04. The van der Waals surface area contributed by atoms with Gasteiger partial charge in [-0.25, -0.2) is 4.39 Å². The van der Waals surface area contributed by atoms with Gasteiger partial charge in [0.15, 0.2) is 0 Å². The SMILES string of the molecule is Cc1ccc(F)cc1CC(O)Cc1ccc(Cl)cc1. The standard InChI is InChI=1S/C16H16ClFO/c1-11-2-7-15(18)9-13(11)10-16(19)8-12-3-5-14(17)6-4-12/h2-7,9,16,19H,8,10H2,1H3. The largest absolute Gasteiger partial charge is 0.392 e. The molecule has 0 fully saturated rings. The Labute approximate surface area is 117 Å². The van der Waals surface area contributed by atoms with Crippen molar-refractivity contribution in [3.63, 3.8) is 0 Å². The van der Waals surface area contributed by atoms with Crippen LogP contribution in [0.3, 0.4) is 0 Å². The second kappa shape index (κ2) is 6.18. The van der Waals surface area contributed by atoms with Crippen molar-refractivity contribution in [1.82, 2.24) is 0 Å². The predicted molar refractivity (Wildman–Crippen MR) is 76.0 cm³/mol. The predicted octanol–water partition coefficient (Wildman–Crippen LogP) is 3.93. The summed E-state index contributed by atoms with van der Waals surface area (Å²) in [5.41, 5.74) is 2.86. The van der Waals surface area contributed by atoms with E-state index in [9.17, 15) is 9.50 Å². The van der Waals surface area contributed by atoms with E-state index in [1.54, 1.807) is 18.2 Å². The average Bonchev–Trinajstić information content (AvgIpc) is 2.37. The number of benzene rings is 2. The number of halogens is 2. The van der Waals surface area contributed by atoms with Gasteiger partial charge in [-0.15, -0.1) is 0 Å². The lowest BCUT2D eigenvalue weighted by atomic mass is 9.98. The molecule has 19 heavy (non-hydrogen) atoms. The van der Waals surface area contributed by atoms with Gasteiger partial charge >= 0.3 is 0 Å². The molecule has 1 nitrogen and oxygen atoms in total. The lowest BCUT2D eigenvalue weighted by Crippen LogP contribution is -2.14. The first-order valence-electron chi connectivity index (χ1n) is 6.22. The third-order valence-corrected chi connectivity index (χ3v) is 3.40. The zero-order chi connectivity index (χ0) is 13.8. The van der Waals surface area contributed by atoms with Crippen LogP contribution in [0.1, 0.15) is 16.7 Å². The first kappa shape index (κ1) is 14.0. The maximum atomic E-state index is 13.2. The lowest BCUT2D eigenvalue weighted by Gasteiger charge is -2.13. The van der Waals surface area contributed by atoms with E-state index in [0.717, 1.165) is 16.7 Å². The van der Waals surface area contributed by atoms with Gasteiger partial charge in [0, 0.05) is 5.02 Å².